The van der Waals surface area contributed by atoms with E-state index in [-0.39, 0.29) is 22.8 Å². The minimum atomic E-state index is -3.78. The molecule has 0 atom stereocenters. The van der Waals surface area contributed by atoms with Crippen molar-refractivity contribution in [1.82, 2.24) is 24.3 Å². The number of hydrogen-bond acceptors (Lipinski definition) is 7. The van der Waals surface area contributed by atoms with Gasteiger partial charge < -0.3 is 14.5 Å². The molecule has 0 amide bonds. The lowest BCUT2D eigenvalue weighted by molar-refractivity contribution is 0.146. The fourth-order valence-electron chi connectivity index (χ4n) is 3.80. The fraction of sp³-hybridized carbons (Fsp3) is 0.542. The summed E-state index contributed by atoms with van der Waals surface area (Å²) in [4.78, 5) is 20.4. The molecule has 0 spiro atoms. The maximum atomic E-state index is 13.0. The van der Waals surface area contributed by atoms with E-state index in [1.54, 1.807) is 17.5 Å². The Morgan fingerprint density at radius 1 is 1.11 bits per heavy atom. The predicted octanol–water partition coefficient (Wildman–Crippen LogP) is 3.23. The van der Waals surface area contributed by atoms with Crippen LogP contribution in [0.15, 0.2) is 27.9 Å². The summed E-state index contributed by atoms with van der Waals surface area (Å²) < 4.78 is 41.0. The van der Waals surface area contributed by atoms with E-state index in [1.807, 2.05) is 13.8 Å². The molecule has 35 heavy (non-hydrogen) atoms. The molecule has 0 saturated carbocycles. The number of rotatable bonds is 14. The highest BCUT2D eigenvalue weighted by Gasteiger charge is 2.20. The van der Waals surface area contributed by atoms with Crippen molar-refractivity contribution >= 4 is 15.5 Å². The third-order valence-electron chi connectivity index (χ3n) is 5.52. The summed E-state index contributed by atoms with van der Waals surface area (Å²) in [5, 5.41) is 4.65. The molecule has 0 aliphatic heterocycles. The second-order valence-corrected chi connectivity index (χ2v) is 9.94. The normalized spacial score (nSPS) is 11.9. The number of sulfonamides is 1. The molecule has 0 radical (unpaired) electrons. The molecule has 10 nitrogen and oxygen atoms in total. The smallest absolute Gasteiger partial charge is 0.277 e. The first-order valence-electron chi connectivity index (χ1n) is 12.2. The number of aromatic nitrogens is 4. The van der Waals surface area contributed by atoms with Gasteiger partial charge in [0.05, 0.1) is 22.8 Å². The van der Waals surface area contributed by atoms with Gasteiger partial charge in [0, 0.05) is 26.2 Å². The Hall–Kier alpha value is -2.76. The van der Waals surface area contributed by atoms with Gasteiger partial charge in [0.2, 0.25) is 10.0 Å². The monoisotopic (exact) mass is 505 g/mol. The van der Waals surface area contributed by atoms with Crippen molar-refractivity contribution in [3.8, 4) is 17.1 Å². The molecule has 0 bridgehead atoms. The molecule has 11 heteroatoms. The SMILES string of the molecule is CCCCCc1nc(C)c2c(=O)[nH]c(-c3cc(S(=O)(=O)NCCCOCC)ccc3OCC)nn12. The van der Waals surface area contributed by atoms with Gasteiger partial charge in [-0.2, -0.15) is 0 Å². The van der Waals surface area contributed by atoms with Crippen LogP contribution in [0.3, 0.4) is 0 Å². The number of nitrogens with zero attached hydrogens (tertiary/aromatic N) is 3. The number of fused-ring (bicyclic) bond motifs is 1. The van der Waals surface area contributed by atoms with Crippen molar-refractivity contribution in [2.24, 2.45) is 0 Å². The fourth-order valence-corrected chi connectivity index (χ4v) is 4.90. The number of H-pyrrole nitrogens is 1. The molecule has 192 valence electrons. The van der Waals surface area contributed by atoms with Crippen LogP contribution >= 0.6 is 0 Å². The lowest BCUT2D eigenvalue weighted by Gasteiger charge is -2.13. The summed E-state index contributed by atoms with van der Waals surface area (Å²) in [6.45, 7) is 9.31. The van der Waals surface area contributed by atoms with E-state index in [9.17, 15) is 13.2 Å². The van der Waals surface area contributed by atoms with E-state index in [0.29, 0.717) is 61.0 Å². The third-order valence-corrected chi connectivity index (χ3v) is 6.98. The Labute approximate surface area is 206 Å². The van der Waals surface area contributed by atoms with Crippen molar-refractivity contribution in [2.75, 3.05) is 26.4 Å². The summed E-state index contributed by atoms with van der Waals surface area (Å²) in [5.41, 5.74) is 1.03. The van der Waals surface area contributed by atoms with Crippen LogP contribution in [0.25, 0.3) is 16.9 Å². The second kappa shape index (κ2) is 12.3. The quantitative estimate of drug-likeness (QED) is 0.322. The molecular formula is C24H35N5O5S. The first-order chi connectivity index (χ1) is 16.8. The van der Waals surface area contributed by atoms with Crippen LogP contribution in [0.5, 0.6) is 5.75 Å². The minimum absolute atomic E-state index is 0.0556. The van der Waals surface area contributed by atoms with E-state index in [1.165, 1.54) is 12.1 Å². The van der Waals surface area contributed by atoms with Crippen molar-refractivity contribution in [2.45, 2.75) is 64.7 Å². The first-order valence-corrected chi connectivity index (χ1v) is 13.6. The van der Waals surface area contributed by atoms with Gasteiger partial charge >= 0.3 is 0 Å². The Kier molecular flexibility index (Phi) is 9.41. The Morgan fingerprint density at radius 2 is 1.91 bits per heavy atom. The highest BCUT2D eigenvalue weighted by atomic mass is 32.2. The van der Waals surface area contributed by atoms with Crippen LogP contribution in [0.4, 0.5) is 0 Å². The maximum absolute atomic E-state index is 13.0. The van der Waals surface area contributed by atoms with Crippen LogP contribution in [-0.2, 0) is 21.2 Å². The van der Waals surface area contributed by atoms with Gasteiger partial charge in [-0.25, -0.2) is 22.6 Å². The molecule has 0 fully saturated rings. The van der Waals surface area contributed by atoms with Gasteiger partial charge in [0.25, 0.3) is 5.56 Å². The van der Waals surface area contributed by atoms with Gasteiger partial charge in [-0.05, 0) is 51.8 Å². The number of nitrogens with one attached hydrogen (secondary N) is 2. The zero-order valence-corrected chi connectivity index (χ0v) is 21.7. The van der Waals surface area contributed by atoms with Gasteiger partial charge in [-0.3, -0.25) is 4.79 Å². The molecule has 1 aromatic carbocycles. The molecular weight excluding hydrogens is 470 g/mol. The first kappa shape index (κ1) is 26.8. The second-order valence-electron chi connectivity index (χ2n) is 8.17. The number of benzene rings is 1. The van der Waals surface area contributed by atoms with Gasteiger partial charge in [0.1, 0.15) is 11.6 Å². The molecule has 2 heterocycles. The van der Waals surface area contributed by atoms with Gasteiger partial charge in [0.15, 0.2) is 11.3 Å². The van der Waals surface area contributed by atoms with Gasteiger partial charge in [-0.15, -0.1) is 5.10 Å². The molecule has 0 saturated heterocycles. The lowest BCUT2D eigenvalue weighted by Crippen LogP contribution is -2.25. The standard InChI is InChI=1S/C24H35N5O5S/c1-5-8-9-11-21-26-17(4)22-24(30)27-23(28-29(21)22)19-16-18(12-13-20(19)34-7-3)35(31,32)25-14-10-15-33-6-2/h12-13,16,25H,5-11,14-15H2,1-4H3,(H,27,28,30). The molecule has 0 aliphatic carbocycles. The van der Waals surface area contributed by atoms with Crippen molar-refractivity contribution < 1.29 is 17.9 Å². The van der Waals surface area contributed by atoms with Gasteiger partial charge in [-0.1, -0.05) is 19.8 Å². The zero-order chi connectivity index (χ0) is 25.4. The van der Waals surface area contributed by atoms with Crippen LogP contribution in [-0.4, -0.2) is 54.4 Å². The van der Waals surface area contributed by atoms with Crippen LogP contribution < -0.4 is 15.0 Å². The molecule has 2 N–H and O–H groups in total. The molecule has 2 aromatic heterocycles. The number of unbranched alkanes of at least 4 members (excludes halogenated alkanes) is 2. The van der Waals surface area contributed by atoms with E-state index in [4.69, 9.17) is 9.47 Å². The zero-order valence-electron chi connectivity index (χ0n) is 20.9. The largest absolute Gasteiger partial charge is 0.493 e. The topological polar surface area (TPSA) is 128 Å². The Morgan fingerprint density at radius 3 is 2.63 bits per heavy atom. The average Bonchev–Trinajstić information content (AvgIpc) is 3.15. The summed E-state index contributed by atoms with van der Waals surface area (Å²) in [7, 11) is -3.78. The van der Waals surface area contributed by atoms with Crippen LogP contribution in [0, 0.1) is 6.92 Å². The summed E-state index contributed by atoms with van der Waals surface area (Å²) in [5.74, 6) is 1.35. The highest BCUT2D eigenvalue weighted by molar-refractivity contribution is 7.89. The molecule has 0 aliphatic rings. The number of ether oxygens (including phenoxy) is 2. The summed E-state index contributed by atoms with van der Waals surface area (Å²) in [6.07, 6.45) is 4.31. The molecule has 0 unspecified atom stereocenters. The lowest BCUT2D eigenvalue weighted by atomic mass is 10.2. The molecule has 3 rings (SSSR count). The number of aromatic amines is 1. The highest BCUT2D eigenvalue weighted by Crippen LogP contribution is 2.30. The van der Waals surface area contributed by atoms with Crippen LogP contribution in [0.2, 0.25) is 0 Å². The van der Waals surface area contributed by atoms with E-state index < -0.39 is 10.0 Å². The Balaban J connectivity index is 2.03. The third kappa shape index (κ3) is 6.47. The van der Waals surface area contributed by atoms with E-state index in [0.717, 1.165) is 19.3 Å². The summed E-state index contributed by atoms with van der Waals surface area (Å²) in [6, 6.07) is 4.53. The van der Waals surface area contributed by atoms with Crippen molar-refractivity contribution in [3.05, 3.63) is 40.1 Å². The van der Waals surface area contributed by atoms with Crippen LogP contribution in [0.1, 0.15) is 58.0 Å². The number of imidazole rings is 1. The van der Waals surface area contributed by atoms with Crippen molar-refractivity contribution in [1.29, 1.82) is 0 Å². The van der Waals surface area contributed by atoms with E-state index >= 15 is 0 Å². The molecule has 3 aromatic rings. The Bertz CT molecular complexity index is 1300. The maximum Gasteiger partial charge on any atom is 0.277 e. The summed E-state index contributed by atoms with van der Waals surface area (Å²) >= 11 is 0. The number of hydrogen-bond donors (Lipinski definition) is 2. The predicted molar refractivity (Wildman–Crippen MR) is 134 cm³/mol. The number of aryl methyl sites for hydroxylation is 2. The van der Waals surface area contributed by atoms with E-state index in [2.05, 4.69) is 26.7 Å². The average molecular weight is 506 g/mol. The minimum Gasteiger partial charge on any atom is -0.493 e. The van der Waals surface area contributed by atoms with Crippen molar-refractivity contribution in [3.63, 3.8) is 0 Å².